The van der Waals surface area contributed by atoms with Crippen LogP contribution in [0, 0.1) is 19.7 Å². The Hall–Kier alpha value is -3.54. The number of rotatable bonds is 4. The molecule has 4 rings (SSSR count). The first-order valence-electron chi connectivity index (χ1n) is 9.87. The lowest BCUT2D eigenvalue weighted by Crippen LogP contribution is -2.14. The summed E-state index contributed by atoms with van der Waals surface area (Å²) in [6.45, 7) is 7.87. The van der Waals surface area contributed by atoms with Crippen LogP contribution in [0.2, 0.25) is 0 Å². The van der Waals surface area contributed by atoms with Gasteiger partial charge in [-0.05, 0) is 57.0 Å². The van der Waals surface area contributed by atoms with Crippen molar-refractivity contribution in [3.63, 3.8) is 0 Å². The molecule has 2 aromatic carbocycles. The molecule has 0 aliphatic rings. The summed E-state index contributed by atoms with van der Waals surface area (Å²) in [6.07, 6.45) is 1.66. The van der Waals surface area contributed by atoms with Crippen molar-refractivity contribution in [2.24, 2.45) is 0 Å². The second-order valence-corrected chi connectivity index (χ2v) is 7.70. The molecular weight excluding hydrogens is 379 g/mol. The number of carbonyl (C=O) groups excluding carboxylic acids is 1. The molecule has 6 heteroatoms. The standard InChI is InChI=1S/C24H23FN4O/c1-14(2)29-23-20(13-26-29)19(12-22(27-23)18-8-6-5-7-15(18)3)24(30)28-21-11-17(25)10-9-16(21)4/h5-14H,1-4H3,(H,28,30). The minimum atomic E-state index is -0.399. The van der Waals surface area contributed by atoms with Crippen LogP contribution in [-0.4, -0.2) is 20.7 Å². The summed E-state index contributed by atoms with van der Waals surface area (Å²) in [5.74, 6) is -0.724. The number of aryl methyl sites for hydroxylation is 2. The number of pyridine rings is 1. The van der Waals surface area contributed by atoms with Gasteiger partial charge in [0.05, 0.1) is 22.8 Å². The van der Waals surface area contributed by atoms with Gasteiger partial charge in [0.25, 0.3) is 5.91 Å². The van der Waals surface area contributed by atoms with Gasteiger partial charge in [-0.2, -0.15) is 5.10 Å². The molecule has 0 unspecified atom stereocenters. The molecule has 0 radical (unpaired) electrons. The average Bonchev–Trinajstić information content (AvgIpc) is 3.14. The fourth-order valence-electron chi connectivity index (χ4n) is 3.50. The highest BCUT2D eigenvalue weighted by Gasteiger charge is 2.19. The maximum Gasteiger partial charge on any atom is 0.256 e. The fraction of sp³-hybridized carbons (Fsp3) is 0.208. The quantitative estimate of drug-likeness (QED) is 0.477. The summed E-state index contributed by atoms with van der Waals surface area (Å²) < 4.78 is 15.5. The minimum Gasteiger partial charge on any atom is -0.322 e. The van der Waals surface area contributed by atoms with Crippen molar-refractivity contribution in [3.8, 4) is 11.3 Å². The number of nitrogens with one attached hydrogen (secondary N) is 1. The van der Waals surface area contributed by atoms with Crippen molar-refractivity contribution in [1.82, 2.24) is 14.8 Å². The molecule has 2 aromatic heterocycles. The van der Waals surface area contributed by atoms with Gasteiger partial charge in [-0.15, -0.1) is 0 Å². The molecule has 1 N–H and O–H groups in total. The maximum absolute atomic E-state index is 13.7. The number of aromatic nitrogens is 3. The van der Waals surface area contributed by atoms with E-state index < -0.39 is 5.82 Å². The number of nitrogens with zero attached hydrogens (tertiary/aromatic N) is 3. The minimum absolute atomic E-state index is 0.0866. The highest BCUT2D eigenvalue weighted by molar-refractivity contribution is 6.12. The van der Waals surface area contributed by atoms with Crippen LogP contribution < -0.4 is 5.32 Å². The SMILES string of the molecule is Cc1ccc(F)cc1NC(=O)c1cc(-c2ccccc2C)nc2c1cnn2C(C)C. The normalized spacial score (nSPS) is 11.3. The molecule has 0 saturated heterocycles. The molecule has 1 amide bonds. The molecule has 2 heterocycles. The lowest BCUT2D eigenvalue weighted by Gasteiger charge is -2.13. The smallest absolute Gasteiger partial charge is 0.256 e. The van der Waals surface area contributed by atoms with Gasteiger partial charge in [-0.1, -0.05) is 30.3 Å². The fourth-order valence-corrected chi connectivity index (χ4v) is 3.50. The van der Waals surface area contributed by atoms with Gasteiger partial charge in [-0.25, -0.2) is 14.1 Å². The predicted octanol–water partition coefficient (Wildman–Crippen LogP) is 5.69. The predicted molar refractivity (Wildman–Crippen MR) is 117 cm³/mol. The van der Waals surface area contributed by atoms with Crippen LogP contribution in [0.4, 0.5) is 10.1 Å². The molecule has 0 aliphatic heterocycles. The number of halogens is 1. The molecule has 5 nitrogen and oxygen atoms in total. The number of hydrogen-bond donors (Lipinski definition) is 1. The molecule has 0 fully saturated rings. The maximum atomic E-state index is 13.7. The highest BCUT2D eigenvalue weighted by Crippen LogP contribution is 2.29. The van der Waals surface area contributed by atoms with Crippen LogP contribution in [0.5, 0.6) is 0 Å². The Morgan fingerprint density at radius 3 is 2.57 bits per heavy atom. The summed E-state index contributed by atoms with van der Waals surface area (Å²) in [5.41, 5.74) is 5.04. The van der Waals surface area contributed by atoms with Crippen LogP contribution in [0.15, 0.2) is 54.7 Å². The molecule has 0 bridgehead atoms. The van der Waals surface area contributed by atoms with E-state index in [0.717, 1.165) is 16.7 Å². The number of carbonyl (C=O) groups is 1. The Balaban J connectivity index is 1.88. The van der Waals surface area contributed by atoms with Gasteiger partial charge in [0.2, 0.25) is 0 Å². The van der Waals surface area contributed by atoms with E-state index in [1.807, 2.05) is 52.0 Å². The second kappa shape index (κ2) is 7.71. The van der Waals surface area contributed by atoms with E-state index in [-0.39, 0.29) is 11.9 Å². The zero-order valence-corrected chi connectivity index (χ0v) is 17.4. The molecule has 0 saturated carbocycles. The lowest BCUT2D eigenvalue weighted by molar-refractivity contribution is 0.102. The van der Waals surface area contributed by atoms with Gasteiger partial charge < -0.3 is 5.32 Å². The highest BCUT2D eigenvalue weighted by atomic mass is 19.1. The Morgan fingerprint density at radius 2 is 1.83 bits per heavy atom. The Kier molecular flexibility index (Phi) is 5.08. The van der Waals surface area contributed by atoms with E-state index >= 15 is 0 Å². The first-order chi connectivity index (χ1) is 14.3. The van der Waals surface area contributed by atoms with E-state index in [4.69, 9.17) is 4.98 Å². The number of hydrogen-bond acceptors (Lipinski definition) is 3. The molecule has 4 aromatic rings. The summed E-state index contributed by atoms with van der Waals surface area (Å²) >= 11 is 0. The van der Waals surface area contributed by atoms with Crippen LogP contribution in [-0.2, 0) is 0 Å². The van der Waals surface area contributed by atoms with Crippen molar-refractivity contribution in [3.05, 3.63) is 77.2 Å². The summed E-state index contributed by atoms with van der Waals surface area (Å²) in [4.78, 5) is 18.1. The van der Waals surface area contributed by atoms with Gasteiger partial charge in [0, 0.05) is 17.3 Å². The number of benzene rings is 2. The van der Waals surface area contributed by atoms with E-state index in [9.17, 15) is 9.18 Å². The molecule has 0 atom stereocenters. The van der Waals surface area contributed by atoms with Gasteiger partial charge in [0.15, 0.2) is 5.65 Å². The van der Waals surface area contributed by atoms with Crippen molar-refractivity contribution in [2.45, 2.75) is 33.7 Å². The van der Waals surface area contributed by atoms with E-state index in [1.165, 1.54) is 12.1 Å². The summed E-state index contributed by atoms with van der Waals surface area (Å²) in [7, 11) is 0. The Bertz CT molecular complexity index is 1260. The van der Waals surface area contributed by atoms with Gasteiger partial charge in [-0.3, -0.25) is 4.79 Å². The first-order valence-corrected chi connectivity index (χ1v) is 9.87. The number of fused-ring (bicyclic) bond motifs is 1. The molecular formula is C24H23FN4O. The van der Waals surface area contributed by atoms with Crippen molar-refractivity contribution < 1.29 is 9.18 Å². The zero-order chi connectivity index (χ0) is 21.4. The van der Waals surface area contributed by atoms with E-state index in [1.54, 1.807) is 23.0 Å². The topological polar surface area (TPSA) is 59.8 Å². The second-order valence-electron chi connectivity index (χ2n) is 7.70. The summed E-state index contributed by atoms with van der Waals surface area (Å²) in [5, 5.41) is 7.96. The van der Waals surface area contributed by atoms with Crippen molar-refractivity contribution in [1.29, 1.82) is 0 Å². The van der Waals surface area contributed by atoms with Crippen LogP contribution in [0.25, 0.3) is 22.3 Å². The van der Waals surface area contributed by atoms with E-state index in [0.29, 0.717) is 28.0 Å². The Labute approximate surface area is 174 Å². The van der Waals surface area contributed by atoms with Crippen LogP contribution in [0.1, 0.15) is 41.4 Å². The summed E-state index contributed by atoms with van der Waals surface area (Å²) in [6, 6.07) is 14.1. The third-order valence-corrected chi connectivity index (χ3v) is 5.17. The van der Waals surface area contributed by atoms with Crippen molar-refractivity contribution >= 4 is 22.6 Å². The molecule has 30 heavy (non-hydrogen) atoms. The number of amides is 1. The van der Waals surface area contributed by atoms with Gasteiger partial charge in [0.1, 0.15) is 5.82 Å². The average molecular weight is 402 g/mol. The third-order valence-electron chi connectivity index (χ3n) is 5.17. The van der Waals surface area contributed by atoms with Gasteiger partial charge >= 0.3 is 0 Å². The Morgan fingerprint density at radius 1 is 1.07 bits per heavy atom. The molecule has 0 spiro atoms. The molecule has 0 aliphatic carbocycles. The zero-order valence-electron chi connectivity index (χ0n) is 17.4. The van der Waals surface area contributed by atoms with E-state index in [2.05, 4.69) is 10.4 Å². The molecule has 152 valence electrons. The van der Waals surface area contributed by atoms with Crippen LogP contribution in [0.3, 0.4) is 0 Å². The third kappa shape index (κ3) is 3.56. The van der Waals surface area contributed by atoms with Crippen LogP contribution >= 0.6 is 0 Å². The van der Waals surface area contributed by atoms with Crippen molar-refractivity contribution in [2.75, 3.05) is 5.32 Å². The largest absolute Gasteiger partial charge is 0.322 e. The monoisotopic (exact) mass is 402 g/mol. The number of anilines is 1. The lowest BCUT2D eigenvalue weighted by atomic mass is 10.0. The first kappa shape index (κ1) is 19.8.